The largest absolute Gasteiger partial charge is 0.308 e. The van der Waals surface area contributed by atoms with Crippen molar-refractivity contribution in [2.45, 2.75) is 32.4 Å². The average molecular weight is 261 g/mol. The summed E-state index contributed by atoms with van der Waals surface area (Å²) in [5.74, 6) is -0.163. The first-order valence-corrected chi connectivity index (χ1v) is 7.18. The van der Waals surface area contributed by atoms with E-state index in [1.165, 1.54) is 30.2 Å². The van der Waals surface area contributed by atoms with E-state index in [0.29, 0.717) is 0 Å². The van der Waals surface area contributed by atoms with E-state index in [1.807, 2.05) is 17.4 Å². The van der Waals surface area contributed by atoms with E-state index in [2.05, 4.69) is 11.4 Å². The fraction of sp³-hybridized carbons (Fsp3) is 0.333. The van der Waals surface area contributed by atoms with Crippen LogP contribution in [0.15, 0.2) is 30.3 Å². The fourth-order valence-electron chi connectivity index (χ4n) is 2.45. The lowest BCUT2D eigenvalue weighted by Crippen LogP contribution is -2.11. The topological polar surface area (TPSA) is 12.0 Å². The number of halogens is 1. The highest BCUT2D eigenvalue weighted by atomic mass is 32.1. The molecule has 3 rings (SSSR count). The predicted molar refractivity (Wildman–Crippen MR) is 73.3 cm³/mol. The number of nitrogens with one attached hydrogen (secondary N) is 1. The van der Waals surface area contributed by atoms with Crippen LogP contribution in [0.3, 0.4) is 0 Å². The van der Waals surface area contributed by atoms with Crippen molar-refractivity contribution in [1.29, 1.82) is 0 Å². The van der Waals surface area contributed by atoms with E-state index in [4.69, 9.17) is 0 Å². The maximum Gasteiger partial charge on any atom is 0.123 e. The summed E-state index contributed by atoms with van der Waals surface area (Å²) in [5.41, 5.74) is 2.54. The lowest BCUT2D eigenvalue weighted by atomic mass is 10.2. The molecule has 0 fully saturated rings. The molecule has 1 N–H and O–H groups in total. The SMILES string of the molecule is Fc1cccc(CNCc2cc3c(s2)CCC3)c1. The minimum atomic E-state index is -0.163. The molecule has 3 heteroatoms. The van der Waals surface area contributed by atoms with Crippen molar-refractivity contribution in [2.24, 2.45) is 0 Å². The van der Waals surface area contributed by atoms with Gasteiger partial charge in [0, 0.05) is 22.8 Å². The van der Waals surface area contributed by atoms with Gasteiger partial charge in [0.2, 0.25) is 0 Å². The van der Waals surface area contributed by atoms with Crippen LogP contribution in [0.5, 0.6) is 0 Å². The Kier molecular flexibility index (Phi) is 3.43. The van der Waals surface area contributed by atoms with Gasteiger partial charge in [0.25, 0.3) is 0 Å². The Labute approximate surface area is 111 Å². The number of benzene rings is 1. The highest BCUT2D eigenvalue weighted by Gasteiger charge is 2.14. The van der Waals surface area contributed by atoms with E-state index < -0.39 is 0 Å². The molecule has 1 aromatic heterocycles. The minimum Gasteiger partial charge on any atom is -0.308 e. The molecule has 0 saturated carbocycles. The number of aryl methyl sites for hydroxylation is 2. The Balaban J connectivity index is 1.55. The summed E-state index contributed by atoms with van der Waals surface area (Å²) in [6, 6.07) is 9.09. The lowest BCUT2D eigenvalue weighted by Gasteiger charge is -2.03. The molecule has 1 heterocycles. The zero-order valence-electron chi connectivity index (χ0n) is 10.2. The highest BCUT2D eigenvalue weighted by molar-refractivity contribution is 7.12. The van der Waals surface area contributed by atoms with Gasteiger partial charge >= 0.3 is 0 Å². The van der Waals surface area contributed by atoms with Gasteiger partial charge in [0.05, 0.1) is 0 Å². The Morgan fingerprint density at radius 1 is 1.17 bits per heavy atom. The molecule has 0 unspecified atom stereocenters. The van der Waals surface area contributed by atoms with Crippen LogP contribution in [-0.4, -0.2) is 0 Å². The summed E-state index contributed by atoms with van der Waals surface area (Å²) >= 11 is 1.92. The van der Waals surface area contributed by atoms with Crippen LogP contribution in [-0.2, 0) is 25.9 Å². The van der Waals surface area contributed by atoms with Gasteiger partial charge < -0.3 is 5.32 Å². The van der Waals surface area contributed by atoms with Crippen molar-refractivity contribution in [3.8, 4) is 0 Å². The molecule has 0 atom stereocenters. The summed E-state index contributed by atoms with van der Waals surface area (Å²) in [4.78, 5) is 2.97. The maximum atomic E-state index is 13.0. The van der Waals surface area contributed by atoms with Crippen LogP contribution >= 0.6 is 11.3 Å². The lowest BCUT2D eigenvalue weighted by molar-refractivity contribution is 0.620. The third-order valence-corrected chi connectivity index (χ3v) is 4.55. The number of fused-ring (bicyclic) bond motifs is 1. The van der Waals surface area contributed by atoms with Crippen molar-refractivity contribution in [2.75, 3.05) is 0 Å². The molecule has 0 saturated heterocycles. The number of hydrogen-bond acceptors (Lipinski definition) is 2. The zero-order chi connectivity index (χ0) is 12.4. The fourth-order valence-corrected chi connectivity index (χ4v) is 3.69. The predicted octanol–water partition coefficient (Wildman–Crippen LogP) is 3.67. The third-order valence-electron chi connectivity index (χ3n) is 3.32. The van der Waals surface area contributed by atoms with Crippen molar-refractivity contribution in [3.05, 3.63) is 57.0 Å². The molecule has 1 aromatic carbocycles. The molecule has 0 bridgehead atoms. The molecule has 1 aliphatic carbocycles. The maximum absolute atomic E-state index is 13.0. The average Bonchev–Trinajstić information content (AvgIpc) is 2.89. The second kappa shape index (κ2) is 5.21. The number of hydrogen-bond donors (Lipinski definition) is 1. The molecule has 0 aliphatic heterocycles. The van der Waals surface area contributed by atoms with Crippen molar-refractivity contribution >= 4 is 11.3 Å². The van der Waals surface area contributed by atoms with Gasteiger partial charge in [-0.2, -0.15) is 0 Å². The van der Waals surface area contributed by atoms with E-state index in [1.54, 1.807) is 22.6 Å². The van der Waals surface area contributed by atoms with Crippen LogP contribution in [0, 0.1) is 5.82 Å². The molecule has 1 nitrogen and oxygen atoms in total. The zero-order valence-corrected chi connectivity index (χ0v) is 11.0. The monoisotopic (exact) mass is 261 g/mol. The molecular weight excluding hydrogens is 245 g/mol. The van der Waals surface area contributed by atoms with E-state index >= 15 is 0 Å². The first-order valence-electron chi connectivity index (χ1n) is 6.37. The molecule has 94 valence electrons. The summed E-state index contributed by atoms with van der Waals surface area (Å²) in [7, 11) is 0. The van der Waals surface area contributed by atoms with Gasteiger partial charge in [0.15, 0.2) is 0 Å². The van der Waals surface area contributed by atoms with Gasteiger partial charge in [-0.05, 0) is 48.6 Å². The van der Waals surface area contributed by atoms with Gasteiger partial charge in [-0.15, -0.1) is 11.3 Å². The summed E-state index contributed by atoms with van der Waals surface area (Å²) in [5, 5.41) is 3.38. The first-order chi connectivity index (χ1) is 8.81. The smallest absolute Gasteiger partial charge is 0.123 e. The Morgan fingerprint density at radius 2 is 2.11 bits per heavy atom. The van der Waals surface area contributed by atoms with Crippen molar-refractivity contribution < 1.29 is 4.39 Å². The number of thiophene rings is 1. The number of rotatable bonds is 4. The third kappa shape index (κ3) is 2.62. The van der Waals surface area contributed by atoms with Crippen LogP contribution in [0.4, 0.5) is 4.39 Å². The summed E-state index contributed by atoms with van der Waals surface area (Å²) in [6.07, 6.45) is 3.82. The molecule has 2 aromatic rings. The van der Waals surface area contributed by atoms with Gasteiger partial charge in [-0.3, -0.25) is 0 Å². The second-order valence-corrected chi connectivity index (χ2v) is 5.97. The van der Waals surface area contributed by atoms with E-state index in [0.717, 1.165) is 18.7 Å². The highest BCUT2D eigenvalue weighted by Crippen LogP contribution is 2.30. The Hall–Kier alpha value is -1.19. The molecule has 0 radical (unpaired) electrons. The normalized spacial score (nSPS) is 13.8. The Bertz CT molecular complexity index is 526. The van der Waals surface area contributed by atoms with E-state index in [-0.39, 0.29) is 5.82 Å². The minimum absolute atomic E-state index is 0.163. The Morgan fingerprint density at radius 3 is 2.94 bits per heavy atom. The van der Waals surface area contributed by atoms with Gasteiger partial charge in [0.1, 0.15) is 5.82 Å². The van der Waals surface area contributed by atoms with Crippen LogP contribution < -0.4 is 5.32 Å². The van der Waals surface area contributed by atoms with Crippen molar-refractivity contribution in [3.63, 3.8) is 0 Å². The first kappa shape index (κ1) is 11.9. The molecular formula is C15H16FNS. The van der Waals surface area contributed by atoms with Crippen molar-refractivity contribution in [1.82, 2.24) is 5.32 Å². The molecule has 18 heavy (non-hydrogen) atoms. The standard InChI is InChI=1S/C15H16FNS/c16-13-5-1-3-11(7-13)9-17-10-14-8-12-4-2-6-15(12)18-14/h1,3,5,7-8,17H,2,4,6,9-10H2. The quantitative estimate of drug-likeness (QED) is 0.885. The molecule has 1 aliphatic rings. The molecule has 0 spiro atoms. The van der Waals surface area contributed by atoms with Gasteiger partial charge in [-0.25, -0.2) is 4.39 Å². The van der Waals surface area contributed by atoms with E-state index in [9.17, 15) is 4.39 Å². The summed E-state index contributed by atoms with van der Waals surface area (Å²) < 4.78 is 13.0. The van der Waals surface area contributed by atoms with Crippen LogP contribution in [0.2, 0.25) is 0 Å². The molecule has 0 amide bonds. The van der Waals surface area contributed by atoms with Crippen LogP contribution in [0.1, 0.15) is 27.3 Å². The van der Waals surface area contributed by atoms with Gasteiger partial charge in [-0.1, -0.05) is 12.1 Å². The summed E-state index contributed by atoms with van der Waals surface area (Å²) in [6.45, 7) is 1.61. The van der Waals surface area contributed by atoms with Crippen LogP contribution in [0.25, 0.3) is 0 Å². The second-order valence-electron chi connectivity index (χ2n) is 4.75.